The Kier molecular flexibility index (Phi) is 6.35. The van der Waals surface area contributed by atoms with E-state index in [1.54, 1.807) is 0 Å². The minimum Gasteiger partial charge on any atom is -0.316 e. The van der Waals surface area contributed by atoms with E-state index in [4.69, 9.17) is 0 Å². The van der Waals surface area contributed by atoms with E-state index >= 15 is 0 Å². The van der Waals surface area contributed by atoms with Gasteiger partial charge in [-0.2, -0.15) is 0 Å². The topological polar surface area (TPSA) is 15.3 Å². The molecule has 0 radical (unpaired) electrons. The van der Waals surface area contributed by atoms with E-state index in [2.05, 4.69) is 31.1 Å². The van der Waals surface area contributed by atoms with Crippen LogP contribution in [0.2, 0.25) is 0 Å². The van der Waals surface area contributed by atoms with Crippen molar-refractivity contribution in [1.82, 2.24) is 10.2 Å². The van der Waals surface area contributed by atoms with Crippen molar-refractivity contribution in [2.45, 2.75) is 77.7 Å². The Labute approximate surface area is 126 Å². The normalized spacial score (nSPS) is 24.6. The van der Waals surface area contributed by atoms with Crippen LogP contribution < -0.4 is 5.32 Å². The molecule has 118 valence electrons. The van der Waals surface area contributed by atoms with Gasteiger partial charge in [-0.15, -0.1) is 0 Å². The smallest absolute Gasteiger partial charge is 0.00923 e. The van der Waals surface area contributed by atoms with Gasteiger partial charge < -0.3 is 10.2 Å². The lowest BCUT2D eigenvalue weighted by atomic mass is 9.79. The van der Waals surface area contributed by atoms with Crippen molar-refractivity contribution < 1.29 is 0 Å². The van der Waals surface area contributed by atoms with E-state index in [9.17, 15) is 0 Å². The monoisotopic (exact) mass is 280 g/mol. The van der Waals surface area contributed by atoms with Gasteiger partial charge in [0, 0.05) is 19.1 Å². The first-order valence-corrected chi connectivity index (χ1v) is 9.08. The van der Waals surface area contributed by atoms with Crippen molar-refractivity contribution in [3.63, 3.8) is 0 Å². The zero-order valence-electron chi connectivity index (χ0n) is 14.1. The van der Waals surface area contributed by atoms with Crippen LogP contribution in [0.5, 0.6) is 0 Å². The molecular weight excluding hydrogens is 244 g/mol. The van der Waals surface area contributed by atoms with Crippen molar-refractivity contribution in [1.29, 1.82) is 0 Å². The van der Waals surface area contributed by atoms with E-state index in [0.29, 0.717) is 5.41 Å². The van der Waals surface area contributed by atoms with Crippen LogP contribution in [-0.4, -0.2) is 37.6 Å². The molecule has 1 unspecified atom stereocenters. The summed E-state index contributed by atoms with van der Waals surface area (Å²) in [5.41, 5.74) is 0.545. The molecule has 0 amide bonds. The Bertz CT molecular complexity index is 265. The Morgan fingerprint density at radius 3 is 2.35 bits per heavy atom. The molecule has 2 aliphatic rings. The zero-order chi connectivity index (χ0) is 14.4. The molecule has 2 heteroatoms. The molecule has 0 bridgehead atoms. The molecule has 1 atom stereocenters. The van der Waals surface area contributed by atoms with Gasteiger partial charge in [0.2, 0.25) is 0 Å². The van der Waals surface area contributed by atoms with Gasteiger partial charge in [-0.05, 0) is 64.0 Å². The second kappa shape index (κ2) is 7.79. The molecule has 1 N–H and O–H groups in total. The quantitative estimate of drug-likeness (QED) is 0.533. The molecule has 0 aromatic heterocycles. The van der Waals surface area contributed by atoms with Crippen molar-refractivity contribution in [2.75, 3.05) is 26.7 Å². The summed E-state index contributed by atoms with van der Waals surface area (Å²) in [6.07, 6.45) is 12.9. The standard InChI is InChI=1S/C18H36N2/c1-4-13-19-14-18(11-7-5-6-8-12-18)15-20(3)16(2)17-9-10-17/h16-17,19H,4-15H2,1-3H3. The van der Waals surface area contributed by atoms with Crippen LogP contribution in [0.1, 0.15) is 71.6 Å². The minimum atomic E-state index is 0.545. The van der Waals surface area contributed by atoms with Gasteiger partial charge >= 0.3 is 0 Å². The first kappa shape index (κ1) is 16.3. The predicted molar refractivity (Wildman–Crippen MR) is 88.1 cm³/mol. The van der Waals surface area contributed by atoms with Crippen LogP contribution in [0.15, 0.2) is 0 Å². The van der Waals surface area contributed by atoms with Gasteiger partial charge in [-0.25, -0.2) is 0 Å². The molecule has 2 rings (SSSR count). The largest absolute Gasteiger partial charge is 0.316 e. The summed E-state index contributed by atoms with van der Waals surface area (Å²) in [6, 6.07) is 0.793. The van der Waals surface area contributed by atoms with Gasteiger partial charge in [0.25, 0.3) is 0 Å². The Balaban J connectivity index is 1.92. The third-order valence-electron chi connectivity index (χ3n) is 5.68. The Morgan fingerprint density at radius 1 is 1.15 bits per heavy atom. The predicted octanol–water partition coefficient (Wildman–Crippen LogP) is 4.06. The second-order valence-electron chi connectivity index (χ2n) is 7.58. The summed E-state index contributed by atoms with van der Waals surface area (Å²) >= 11 is 0. The molecule has 0 aliphatic heterocycles. The van der Waals surface area contributed by atoms with Crippen LogP contribution in [0.4, 0.5) is 0 Å². The van der Waals surface area contributed by atoms with Gasteiger partial charge in [-0.1, -0.05) is 32.6 Å². The number of nitrogens with zero attached hydrogens (tertiary/aromatic N) is 1. The van der Waals surface area contributed by atoms with Crippen LogP contribution >= 0.6 is 0 Å². The minimum absolute atomic E-state index is 0.545. The second-order valence-corrected chi connectivity index (χ2v) is 7.58. The van der Waals surface area contributed by atoms with E-state index in [1.807, 2.05) is 0 Å². The fourth-order valence-corrected chi connectivity index (χ4v) is 4.01. The van der Waals surface area contributed by atoms with E-state index in [1.165, 1.54) is 77.4 Å². The SMILES string of the molecule is CCCNCC1(CN(C)C(C)C2CC2)CCCCCC1. The number of hydrogen-bond donors (Lipinski definition) is 1. The molecule has 20 heavy (non-hydrogen) atoms. The maximum absolute atomic E-state index is 3.74. The highest BCUT2D eigenvalue weighted by molar-refractivity contribution is 4.90. The summed E-state index contributed by atoms with van der Waals surface area (Å²) in [5, 5.41) is 3.74. The van der Waals surface area contributed by atoms with E-state index < -0.39 is 0 Å². The lowest BCUT2D eigenvalue weighted by Gasteiger charge is -2.39. The average molecular weight is 280 g/mol. The summed E-state index contributed by atoms with van der Waals surface area (Å²) in [6.45, 7) is 8.45. The van der Waals surface area contributed by atoms with E-state index in [-0.39, 0.29) is 0 Å². The summed E-state index contributed by atoms with van der Waals surface area (Å²) in [5.74, 6) is 0.992. The highest BCUT2D eigenvalue weighted by atomic mass is 15.1. The van der Waals surface area contributed by atoms with Crippen molar-refractivity contribution in [2.24, 2.45) is 11.3 Å². The molecule has 0 heterocycles. The molecule has 0 spiro atoms. The summed E-state index contributed by atoms with van der Waals surface area (Å²) in [4.78, 5) is 2.68. The van der Waals surface area contributed by atoms with Crippen LogP contribution in [0.3, 0.4) is 0 Å². The summed E-state index contributed by atoms with van der Waals surface area (Å²) in [7, 11) is 2.37. The maximum atomic E-state index is 3.74. The number of rotatable bonds is 8. The lowest BCUT2D eigenvalue weighted by molar-refractivity contribution is 0.112. The molecule has 0 aromatic carbocycles. The van der Waals surface area contributed by atoms with Gasteiger partial charge in [0.15, 0.2) is 0 Å². The highest BCUT2D eigenvalue weighted by Gasteiger charge is 2.36. The van der Waals surface area contributed by atoms with Crippen LogP contribution in [0.25, 0.3) is 0 Å². The lowest BCUT2D eigenvalue weighted by Crippen LogP contribution is -2.46. The molecule has 2 saturated carbocycles. The first-order chi connectivity index (χ1) is 9.67. The first-order valence-electron chi connectivity index (χ1n) is 9.08. The Morgan fingerprint density at radius 2 is 1.80 bits per heavy atom. The van der Waals surface area contributed by atoms with Crippen molar-refractivity contribution in [3.05, 3.63) is 0 Å². The number of hydrogen-bond acceptors (Lipinski definition) is 2. The fourth-order valence-electron chi connectivity index (χ4n) is 4.01. The van der Waals surface area contributed by atoms with E-state index in [0.717, 1.165) is 12.0 Å². The molecule has 0 saturated heterocycles. The molecule has 2 aliphatic carbocycles. The van der Waals surface area contributed by atoms with Crippen molar-refractivity contribution in [3.8, 4) is 0 Å². The molecule has 0 aromatic rings. The molecule has 2 fully saturated rings. The molecular formula is C18H36N2. The zero-order valence-corrected chi connectivity index (χ0v) is 14.1. The third kappa shape index (κ3) is 4.73. The van der Waals surface area contributed by atoms with Gasteiger partial charge in [-0.3, -0.25) is 0 Å². The van der Waals surface area contributed by atoms with Crippen LogP contribution in [0, 0.1) is 11.3 Å². The van der Waals surface area contributed by atoms with Gasteiger partial charge in [0.05, 0.1) is 0 Å². The average Bonchev–Trinajstić information content (AvgIpc) is 3.26. The maximum Gasteiger partial charge on any atom is 0.00923 e. The van der Waals surface area contributed by atoms with Crippen molar-refractivity contribution >= 4 is 0 Å². The highest BCUT2D eigenvalue weighted by Crippen LogP contribution is 2.39. The third-order valence-corrected chi connectivity index (χ3v) is 5.68. The molecule has 2 nitrogen and oxygen atoms in total. The van der Waals surface area contributed by atoms with Gasteiger partial charge in [0.1, 0.15) is 0 Å². The Hall–Kier alpha value is -0.0800. The van der Waals surface area contributed by atoms with Crippen LogP contribution in [-0.2, 0) is 0 Å². The fraction of sp³-hybridized carbons (Fsp3) is 1.00. The summed E-state index contributed by atoms with van der Waals surface area (Å²) < 4.78 is 0. The number of nitrogens with one attached hydrogen (secondary N) is 1.